The standard InChI is InChI=1S/C17H18O2S/c1-4-14-6-8-16(20-14)15(18)7-5-13-9-11(2)17(19)12(3)10-13/h5-10,19H,4H2,1-3H3/b7-5+. The van der Waals surface area contributed by atoms with Crippen molar-refractivity contribution in [3.05, 3.63) is 56.8 Å². The van der Waals surface area contributed by atoms with E-state index >= 15 is 0 Å². The monoisotopic (exact) mass is 286 g/mol. The molecule has 0 unspecified atom stereocenters. The smallest absolute Gasteiger partial charge is 0.195 e. The van der Waals surface area contributed by atoms with Crippen LogP contribution < -0.4 is 0 Å². The molecule has 0 saturated heterocycles. The summed E-state index contributed by atoms with van der Waals surface area (Å²) in [7, 11) is 0. The molecule has 1 N–H and O–H groups in total. The zero-order chi connectivity index (χ0) is 14.7. The largest absolute Gasteiger partial charge is 0.507 e. The van der Waals surface area contributed by atoms with Gasteiger partial charge in [0, 0.05) is 4.88 Å². The summed E-state index contributed by atoms with van der Waals surface area (Å²) in [6.07, 6.45) is 4.35. The molecule has 2 nitrogen and oxygen atoms in total. The van der Waals surface area contributed by atoms with E-state index in [0.717, 1.165) is 28.0 Å². The van der Waals surface area contributed by atoms with Crippen molar-refractivity contribution in [1.82, 2.24) is 0 Å². The van der Waals surface area contributed by atoms with Gasteiger partial charge in [-0.25, -0.2) is 0 Å². The van der Waals surface area contributed by atoms with Gasteiger partial charge in [0.15, 0.2) is 5.78 Å². The first-order chi connectivity index (χ1) is 9.51. The van der Waals surface area contributed by atoms with Crippen LogP contribution in [-0.2, 0) is 6.42 Å². The van der Waals surface area contributed by atoms with Crippen molar-refractivity contribution in [2.75, 3.05) is 0 Å². The average molecular weight is 286 g/mol. The molecule has 1 aromatic heterocycles. The maximum atomic E-state index is 12.1. The first-order valence-electron chi connectivity index (χ1n) is 6.62. The van der Waals surface area contributed by atoms with E-state index in [2.05, 4.69) is 6.92 Å². The summed E-state index contributed by atoms with van der Waals surface area (Å²) in [4.78, 5) is 14.0. The number of phenols is 1. The van der Waals surface area contributed by atoms with Crippen LogP contribution in [0.5, 0.6) is 5.75 Å². The van der Waals surface area contributed by atoms with Crippen molar-refractivity contribution >= 4 is 23.2 Å². The third-order valence-electron chi connectivity index (χ3n) is 3.19. The van der Waals surface area contributed by atoms with Crippen LogP contribution in [0.25, 0.3) is 6.08 Å². The molecule has 0 bridgehead atoms. The highest BCUT2D eigenvalue weighted by Gasteiger charge is 2.06. The Kier molecular flexibility index (Phi) is 4.40. The molecular formula is C17H18O2S. The van der Waals surface area contributed by atoms with Crippen LogP contribution >= 0.6 is 11.3 Å². The molecule has 1 heterocycles. The lowest BCUT2D eigenvalue weighted by atomic mass is 10.1. The Labute approximate surface area is 123 Å². The quantitative estimate of drug-likeness (QED) is 0.662. The topological polar surface area (TPSA) is 37.3 Å². The predicted octanol–water partition coefficient (Wildman–Crippen LogP) is 4.53. The Morgan fingerprint density at radius 1 is 1.25 bits per heavy atom. The number of ketones is 1. The fourth-order valence-electron chi connectivity index (χ4n) is 2.04. The third kappa shape index (κ3) is 3.17. The van der Waals surface area contributed by atoms with Crippen LogP contribution in [0.15, 0.2) is 30.3 Å². The summed E-state index contributed by atoms with van der Waals surface area (Å²) < 4.78 is 0. The maximum Gasteiger partial charge on any atom is 0.195 e. The van der Waals surface area contributed by atoms with Crippen LogP contribution in [0.3, 0.4) is 0 Å². The molecule has 20 heavy (non-hydrogen) atoms. The number of allylic oxidation sites excluding steroid dienone is 1. The summed E-state index contributed by atoms with van der Waals surface area (Å²) in [6, 6.07) is 7.63. The molecule has 0 radical (unpaired) electrons. The molecule has 2 rings (SSSR count). The lowest BCUT2D eigenvalue weighted by molar-refractivity contribution is 0.105. The Bertz CT molecular complexity index is 642. The summed E-state index contributed by atoms with van der Waals surface area (Å²) in [6.45, 7) is 5.79. The van der Waals surface area contributed by atoms with Crippen molar-refractivity contribution in [2.24, 2.45) is 0 Å². The number of aromatic hydroxyl groups is 1. The van der Waals surface area contributed by atoms with Gasteiger partial charge < -0.3 is 5.11 Å². The normalized spacial score (nSPS) is 11.2. The van der Waals surface area contributed by atoms with E-state index in [-0.39, 0.29) is 5.78 Å². The van der Waals surface area contributed by atoms with Crippen LogP contribution in [0, 0.1) is 13.8 Å². The molecule has 0 aliphatic heterocycles. The van der Waals surface area contributed by atoms with E-state index in [9.17, 15) is 9.90 Å². The van der Waals surface area contributed by atoms with E-state index in [4.69, 9.17) is 0 Å². The zero-order valence-corrected chi connectivity index (χ0v) is 12.8. The molecule has 3 heteroatoms. The van der Waals surface area contributed by atoms with Crippen LogP contribution in [-0.4, -0.2) is 10.9 Å². The van der Waals surface area contributed by atoms with Crippen molar-refractivity contribution in [3.63, 3.8) is 0 Å². The molecule has 0 aliphatic rings. The Morgan fingerprint density at radius 2 is 1.90 bits per heavy atom. The number of carbonyl (C=O) groups excluding carboxylic acids is 1. The lowest BCUT2D eigenvalue weighted by Gasteiger charge is -2.04. The van der Waals surface area contributed by atoms with E-state index in [1.54, 1.807) is 23.5 Å². The van der Waals surface area contributed by atoms with Gasteiger partial charge in [0.25, 0.3) is 0 Å². The minimum absolute atomic E-state index is 0.0260. The van der Waals surface area contributed by atoms with Crippen molar-refractivity contribution < 1.29 is 9.90 Å². The molecule has 0 amide bonds. The van der Waals surface area contributed by atoms with Crippen molar-refractivity contribution in [2.45, 2.75) is 27.2 Å². The molecule has 0 spiro atoms. The van der Waals surface area contributed by atoms with Gasteiger partial charge in [-0.1, -0.05) is 13.0 Å². The first kappa shape index (κ1) is 14.5. The Morgan fingerprint density at radius 3 is 2.45 bits per heavy atom. The fourth-order valence-corrected chi connectivity index (χ4v) is 2.91. The molecule has 0 saturated carbocycles. The molecule has 1 aromatic carbocycles. The van der Waals surface area contributed by atoms with Gasteiger partial charge in [0.2, 0.25) is 0 Å². The van der Waals surface area contributed by atoms with Gasteiger partial charge in [-0.15, -0.1) is 11.3 Å². The SMILES string of the molecule is CCc1ccc(C(=O)/C=C/c2cc(C)c(O)c(C)c2)s1. The van der Waals surface area contributed by atoms with Gasteiger partial charge in [0.1, 0.15) is 5.75 Å². The lowest BCUT2D eigenvalue weighted by Crippen LogP contribution is -1.89. The highest BCUT2D eigenvalue weighted by Crippen LogP contribution is 2.24. The molecule has 2 aromatic rings. The number of aryl methyl sites for hydroxylation is 3. The van der Waals surface area contributed by atoms with Gasteiger partial charge in [-0.2, -0.15) is 0 Å². The number of carbonyl (C=O) groups is 1. The molecule has 104 valence electrons. The van der Waals surface area contributed by atoms with Gasteiger partial charge in [-0.3, -0.25) is 4.79 Å². The van der Waals surface area contributed by atoms with E-state index in [1.165, 1.54) is 4.88 Å². The minimum Gasteiger partial charge on any atom is -0.507 e. The number of hydrogen-bond donors (Lipinski definition) is 1. The highest BCUT2D eigenvalue weighted by atomic mass is 32.1. The summed E-state index contributed by atoms with van der Waals surface area (Å²) >= 11 is 1.54. The number of thiophene rings is 1. The second-order valence-corrected chi connectivity index (χ2v) is 5.99. The molecule has 0 fully saturated rings. The number of hydrogen-bond acceptors (Lipinski definition) is 3. The highest BCUT2D eigenvalue weighted by molar-refractivity contribution is 7.14. The Hall–Kier alpha value is -1.87. The van der Waals surface area contributed by atoms with Gasteiger partial charge >= 0.3 is 0 Å². The second kappa shape index (κ2) is 6.06. The average Bonchev–Trinajstić information content (AvgIpc) is 2.91. The maximum absolute atomic E-state index is 12.1. The van der Waals surface area contributed by atoms with Crippen molar-refractivity contribution in [3.8, 4) is 5.75 Å². The minimum atomic E-state index is 0.0260. The second-order valence-electron chi connectivity index (χ2n) is 4.82. The first-order valence-corrected chi connectivity index (χ1v) is 7.44. The summed E-state index contributed by atoms with van der Waals surface area (Å²) in [5.41, 5.74) is 2.57. The zero-order valence-electron chi connectivity index (χ0n) is 11.9. The van der Waals surface area contributed by atoms with Crippen molar-refractivity contribution in [1.29, 1.82) is 0 Å². The van der Waals surface area contributed by atoms with E-state index in [1.807, 2.05) is 38.1 Å². The van der Waals surface area contributed by atoms with E-state index in [0.29, 0.717) is 5.75 Å². The summed E-state index contributed by atoms with van der Waals surface area (Å²) in [5, 5.41) is 9.73. The number of phenolic OH excluding ortho intramolecular Hbond substituents is 1. The van der Waals surface area contributed by atoms with Crippen LogP contribution in [0.2, 0.25) is 0 Å². The fraction of sp³-hybridized carbons (Fsp3) is 0.235. The molecule has 0 aliphatic carbocycles. The number of benzene rings is 1. The van der Waals surface area contributed by atoms with Crippen LogP contribution in [0.4, 0.5) is 0 Å². The molecule has 0 atom stereocenters. The van der Waals surface area contributed by atoms with E-state index < -0.39 is 0 Å². The summed E-state index contributed by atoms with van der Waals surface area (Å²) in [5.74, 6) is 0.345. The molecular weight excluding hydrogens is 268 g/mol. The number of rotatable bonds is 4. The van der Waals surface area contributed by atoms with Crippen LogP contribution in [0.1, 0.15) is 38.2 Å². The van der Waals surface area contributed by atoms with Gasteiger partial charge in [-0.05, 0) is 67.3 Å². The predicted molar refractivity (Wildman–Crippen MR) is 84.6 cm³/mol. The Balaban J connectivity index is 2.18. The third-order valence-corrected chi connectivity index (χ3v) is 4.44. The van der Waals surface area contributed by atoms with Gasteiger partial charge in [0.05, 0.1) is 4.88 Å².